The fourth-order valence-corrected chi connectivity index (χ4v) is 1.95. The molecule has 0 aromatic heterocycles. The molecule has 0 aliphatic heterocycles. The summed E-state index contributed by atoms with van der Waals surface area (Å²) in [6.07, 6.45) is 0. The number of hydrogen-bond donors (Lipinski definition) is 1. The second-order valence-electron chi connectivity index (χ2n) is 4.17. The number of nitrogens with two attached hydrogens (primary N) is 1. The Bertz CT molecular complexity index is 622. The zero-order chi connectivity index (χ0) is 14.7. The van der Waals surface area contributed by atoms with Crippen LogP contribution in [0.1, 0.15) is 11.6 Å². The highest BCUT2D eigenvalue weighted by atomic mass is 35.5. The second kappa shape index (κ2) is 6.39. The number of ether oxygens (including phenoxy) is 1. The van der Waals surface area contributed by atoms with Gasteiger partial charge in [0.25, 0.3) is 0 Å². The molecule has 0 saturated carbocycles. The molecule has 0 heterocycles. The van der Waals surface area contributed by atoms with E-state index in [0.29, 0.717) is 11.3 Å². The van der Waals surface area contributed by atoms with E-state index in [0.717, 1.165) is 0 Å². The van der Waals surface area contributed by atoms with E-state index >= 15 is 0 Å². The molecule has 2 aromatic rings. The lowest BCUT2D eigenvalue weighted by atomic mass is 10.1. The quantitative estimate of drug-likeness (QED) is 0.909. The lowest BCUT2D eigenvalue weighted by Crippen LogP contribution is -2.19. The molecule has 0 saturated heterocycles. The summed E-state index contributed by atoms with van der Waals surface area (Å²) in [4.78, 5) is 0. The predicted octanol–water partition coefficient (Wildman–Crippen LogP) is 4.35. The molecule has 106 valence electrons. The summed E-state index contributed by atoms with van der Waals surface area (Å²) in [5.41, 5.74) is 6.56. The second-order valence-corrected chi connectivity index (χ2v) is 4.98. The van der Waals surface area contributed by atoms with E-state index in [1.54, 1.807) is 0 Å². The summed E-state index contributed by atoms with van der Waals surface area (Å²) in [6, 6.07) is 7.75. The Morgan fingerprint density at radius 2 is 1.60 bits per heavy atom. The van der Waals surface area contributed by atoms with Crippen molar-refractivity contribution in [2.24, 2.45) is 5.73 Å². The number of halogens is 4. The number of hydrogen-bond acceptors (Lipinski definition) is 2. The van der Waals surface area contributed by atoms with Gasteiger partial charge in [-0.05, 0) is 29.8 Å². The molecule has 1 unspecified atom stereocenters. The molecule has 0 fully saturated rings. The monoisotopic (exact) mass is 317 g/mol. The molecule has 2 nitrogen and oxygen atoms in total. The van der Waals surface area contributed by atoms with Crippen molar-refractivity contribution in [2.75, 3.05) is 6.61 Å². The highest BCUT2D eigenvalue weighted by molar-refractivity contribution is 6.31. The Balaban J connectivity index is 2.02. The van der Waals surface area contributed by atoms with Gasteiger partial charge < -0.3 is 10.5 Å². The van der Waals surface area contributed by atoms with Crippen molar-refractivity contribution >= 4 is 23.2 Å². The molecule has 0 bridgehead atoms. The minimum Gasteiger partial charge on any atom is -0.492 e. The van der Waals surface area contributed by atoms with E-state index in [2.05, 4.69) is 0 Å². The summed E-state index contributed by atoms with van der Waals surface area (Å²) in [5, 5.41) is -0.0244. The van der Waals surface area contributed by atoms with Gasteiger partial charge in [-0.25, -0.2) is 8.78 Å². The van der Waals surface area contributed by atoms with Crippen LogP contribution in [0.15, 0.2) is 36.4 Å². The third-order valence-corrected chi connectivity index (χ3v) is 3.27. The van der Waals surface area contributed by atoms with Crippen LogP contribution >= 0.6 is 23.2 Å². The van der Waals surface area contributed by atoms with Crippen LogP contribution in [0.3, 0.4) is 0 Å². The molecule has 0 radical (unpaired) electrons. The van der Waals surface area contributed by atoms with Crippen LogP contribution in [-0.2, 0) is 0 Å². The Morgan fingerprint density at radius 3 is 2.20 bits per heavy atom. The van der Waals surface area contributed by atoms with Crippen LogP contribution in [0.25, 0.3) is 0 Å². The van der Waals surface area contributed by atoms with Gasteiger partial charge in [-0.3, -0.25) is 0 Å². The van der Waals surface area contributed by atoms with Crippen molar-refractivity contribution in [3.8, 4) is 5.75 Å². The zero-order valence-corrected chi connectivity index (χ0v) is 11.8. The van der Waals surface area contributed by atoms with Gasteiger partial charge in [0.1, 0.15) is 24.0 Å². The zero-order valence-electron chi connectivity index (χ0n) is 10.2. The smallest absolute Gasteiger partial charge is 0.142 e. The maximum atomic E-state index is 13.0. The molecular formula is C14H11Cl2F2NO. The van der Waals surface area contributed by atoms with E-state index in [4.69, 9.17) is 33.7 Å². The van der Waals surface area contributed by atoms with E-state index in [1.807, 2.05) is 0 Å². The first kappa shape index (κ1) is 15.0. The van der Waals surface area contributed by atoms with Crippen molar-refractivity contribution in [1.82, 2.24) is 0 Å². The molecule has 2 aromatic carbocycles. The summed E-state index contributed by atoms with van der Waals surface area (Å²) in [5.74, 6) is -0.623. The average Bonchev–Trinajstić information content (AvgIpc) is 2.43. The van der Waals surface area contributed by atoms with E-state index in [9.17, 15) is 8.78 Å². The molecule has 0 aliphatic carbocycles. The Morgan fingerprint density at radius 1 is 1.00 bits per heavy atom. The largest absolute Gasteiger partial charge is 0.492 e. The minimum absolute atomic E-state index is 0.00257. The third-order valence-electron chi connectivity index (χ3n) is 2.69. The summed E-state index contributed by atoms with van der Waals surface area (Å²) < 4.78 is 31.4. The number of rotatable bonds is 4. The summed E-state index contributed by atoms with van der Waals surface area (Å²) in [7, 11) is 0. The van der Waals surface area contributed by atoms with Crippen LogP contribution in [0.5, 0.6) is 5.75 Å². The van der Waals surface area contributed by atoms with Crippen LogP contribution < -0.4 is 10.5 Å². The molecule has 0 aliphatic rings. The molecule has 2 N–H and O–H groups in total. The van der Waals surface area contributed by atoms with Crippen LogP contribution in [0.4, 0.5) is 8.78 Å². The van der Waals surface area contributed by atoms with E-state index in [1.165, 1.54) is 36.4 Å². The molecule has 6 heteroatoms. The lowest BCUT2D eigenvalue weighted by molar-refractivity contribution is 0.290. The number of benzene rings is 2. The normalized spacial score (nSPS) is 12.2. The SMILES string of the molecule is NC(COc1ccc(F)c(Cl)c1)c1ccc(F)c(Cl)c1. The van der Waals surface area contributed by atoms with Crippen molar-refractivity contribution in [3.63, 3.8) is 0 Å². The van der Waals surface area contributed by atoms with Gasteiger partial charge in [-0.2, -0.15) is 0 Å². The fourth-order valence-electron chi connectivity index (χ4n) is 1.59. The first-order valence-corrected chi connectivity index (χ1v) is 6.51. The molecule has 0 amide bonds. The standard InChI is InChI=1S/C14H11Cl2F2NO/c15-10-5-8(1-3-12(10)17)14(19)7-20-9-2-4-13(18)11(16)6-9/h1-6,14H,7,19H2. The lowest BCUT2D eigenvalue weighted by Gasteiger charge is -2.14. The highest BCUT2D eigenvalue weighted by Crippen LogP contribution is 2.23. The maximum absolute atomic E-state index is 13.0. The van der Waals surface area contributed by atoms with Gasteiger partial charge in [-0.1, -0.05) is 29.3 Å². The molecule has 2 rings (SSSR count). The van der Waals surface area contributed by atoms with Crippen molar-refractivity contribution in [2.45, 2.75) is 6.04 Å². The van der Waals surface area contributed by atoms with Gasteiger partial charge in [-0.15, -0.1) is 0 Å². The van der Waals surface area contributed by atoms with Gasteiger partial charge in [0.05, 0.1) is 16.1 Å². The van der Waals surface area contributed by atoms with Crippen molar-refractivity contribution in [1.29, 1.82) is 0 Å². The van der Waals surface area contributed by atoms with Gasteiger partial charge in [0.15, 0.2) is 0 Å². The predicted molar refractivity (Wildman–Crippen MR) is 75.2 cm³/mol. The summed E-state index contributed by atoms with van der Waals surface area (Å²) >= 11 is 11.3. The van der Waals surface area contributed by atoms with Gasteiger partial charge in [0.2, 0.25) is 0 Å². The third kappa shape index (κ3) is 3.60. The van der Waals surface area contributed by atoms with Crippen molar-refractivity contribution in [3.05, 3.63) is 63.6 Å². The van der Waals surface area contributed by atoms with Crippen molar-refractivity contribution < 1.29 is 13.5 Å². The minimum atomic E-state index is -0.520. The Labute approximate surface area is 125 Å². The molecule has 20 heavy (non-hydrogen) atoms. The average molecular weight is 318 g/mol. The van der Waals surface area contributed by atoms with Crippen LogP contribution in [-0.4, -0.2) is 6.61 Å². The molecule has 1 atom stereocenters. The first-order valence-electron chi connectivity index (χ1n) is 5.76. The maximum Gasteiger partial charge on any atom is 0.142 e. The van der Waals surface area contributed by atoms with Gasteiger partial charge in [0, 0.05) is 6.07 Å². The fraction of sp³-hybridized carbons (Fsp3) is 0.143. The highest BCUT2D eigenvalue weighted by Gasteiger charge is 2.10. The Hall–Kier alpha value is -1.36. The summed E-state index contributed by atoms with van der Waals surface area (Å²) in [6.45, 7) is 0.129. The first-order chi connectivity index (χ1) is 9.47. The van der Waals surface area contributed by atoms with Gasteiger partial charge >= 0.3 is 0 Å². The van der Waals surface area contributed by atoms with E-state index < -0.39 is 17.7 Å². The van der Waals surface area contributed by atoms with E-state index in [-0.39, 0.29) is 16.7 Å². The van der Waals surface area contributed by atoms with Crippen LogP contribution in [0.2, 0.25) is 10.0 Å². The topological polar surface area (TPSA) is 35.2 Å². The Kier molecular flexibility index (Phi) is 4.81. The molecular weight excluding hydrogens is 307 g/mol. The molecule has 0 spiro atoms. The van der Waals surface area contributed by atoms with Crippen LogP contribution in [0, 0.1) is 11.6 Å².